The van der Waals surface area contributed by atoms with Crippen molar-refractivity contribution in [1.82, 2.24) is 15.1 Å². The van der Waals surface area contributed by atoms with Crippen molar-refractivity contribution in [3.63, 3.8) is 0 Å². The number of hydrogen-bond acceptors (Lipinski definition) is 5. The third kappa shape index (κ3) is 4.32. The lowest BCUT2D eigenvalue weighted by molar-refractivity contribution is -0.131. The Morgan fingerprint density at radius 2 is 1.63 bits per heavy atom. The topological polar surface area (TPSA) is 66.4 Å². The van der Waals surface area contributed by atoms with Crippen molar-refractivity contribution in [2.24, 2.45) is 0 Å². The third-order valence-corrected chi connectivity index (χ3v) is 5.28. The van der Waals surface area contributed by atoms with Crippen LogP contribution >= 0.6 is 0 Å². The zero-order valence-corrected chi connectivity index (χ0v) is 15.4. The van der Waals surface area contributed by atoms with E-state index in [2.05, 4.69) is 21.2 Å². The average Bonchev–Trinajstić information content (AvgIpc) is 3.58. The molecule has 2 fully saturated rings. The highest BCUT2D eigenvalue weighted by atomic mass is 16.2. The molecule has 0 spiro atoms. The highest BCUT2D eigenvalue weighted by molar-refractivity contribution is 5.97. The van der Waals surface area contributed by atoms with Crippen LogP contribution < -0.4 is 4.90 Å². The summed E-state index contributed by atoms with van der Waals surface area (Å²) >= 11 is 0. The second-order valence-electron chi connectivity index (χ2n) is 7.25. The van der Waals surface area contributed by atoms with Gasteiger partial charge in [-0.1, -0.05) is 30.3 Å². The first-order valence-electron chi connectivity index (χ1n) is 9.65. The summed E-state index contributed by atoms with van der Waals surface area (Å²) in [6.45, 7) is 2.81. The van der Waals surface area contributed by atoms with Crippen molar-refractivity contribution in [3.8, 4) is 0 Å². The minimum Gasteiger partial charge on any atom is -0.352 e. The van der Waals surface area contributed by atoms with Gasteiger partial charge in [-0.15, -0.1) is 5.10 Å². The first-order valence-corrected chi connectivity index (χ1v) is 9.65. The third-order valence-electron chi connectivity index (χ3n) is 5.28. The molecule has 2 heterocycles. The first-order chi connectivity index (χ1) is 13.2. The van der Waals surface area contributed by atoms with Crippen molar-refractivity contribution in [2.75, 3.05) is 31.1 Å². The number of carbonyl (C=O) groups is 2. The molecular formula is C21H24N4O2. The molecule has 27 heavy (non-hydrogen) atoms. The second kappa shape index (κ2) is 7.86. The fourth-order valence-corrected chi connectivity index (χ4v) is 3.43. The molecule has 2 aromatic rings. The summed E-state index contributed by atoms with van der Waals surface area (Å²) in [4.78, 5) is 28.6. The smallest absolute Gasteiger partial charge is 0.223 e. The van der Waals surface area contributed by atoms with Gasteiger partial charge in [0.25, 0.3) is 0 Å². The van der Waals surface area contributed by atoms with Crippen LogP contribution in [0.5, 0.6) is 0 Å². The number of nitrogens with zero attached hydrogens (tertiary/aromatic N) is 4. The van der Waals surface area contributed by atoms with E-state index in [-0.39, 0.29) is 24.5 Å². The fraction of sp³-hybridized carbons (Fsp3) is 0.429. The lowest BCUT2D eigenvalue weighted by Crippen LogP contribution is -2.49. The number of ketones is 1. The normalized spacial score (nSPS) is 17.0. The van der Waals surface area contributed by atoms with Gasteiger partial charge in [-0.3, -0.25) is 9.59 Å². The van der Waals surface area contributed by atoms with Gasteiger partial charge >= 0.3 is 0 Å². The number of piperazine rings is 1. The summed E-state index contributed by atoms with van der Waals surface area (Å²) < 4.78 is 0. The van der Waals surface area contributed by atoms with E-state index >= 15 is 0 Å². The number of aromatic nitrogens is 2. The maximum atomic E-state index is 12.4. The van der Waals surface area contributed by atoms with Crippen molar-refractivity contribution in [1.29, 1.82) is 0 Å². The SMILES string of the molecule is O=C(CCC(=O)N1CCN(c2ccc(C3CC3)nn2)CC1)c1ccccc1. The molecule has 0 unspecified atom stereocenters. The molecule has 1 aromatic heterocycles. The molecule has 1 saturated heterocycles. The lowest BCUT2D eigenvalue weighted by atomic mass is 10.1. The molecule has 1 aliphatic heterocycles. The number of Topliss-reactive ketones (excluding diaryl/α,β-unsaturated/α-hetero) is 1. The van der Waals surface area contributed by atoms with E-state index in [1.54, 1.807) is 12.1 Å². The Morgan fingerprint density at radius 1 is 0.889 bits per heavy atom. The molecule has 1 aromatic carbocycles. The van der Waals surface area contributed by atoms with Crippen LogP contribution in [-0.2, 0) is 4.79 Å². The quantitative estimate of drug-likeness (QED) is 0.737. The zero-order valence-electron chi connectivity index (χ0n) is 15.4. The molecule has 2 aliphatic rings. The van der Waals surface area contributed by atoms with Gasteiger partial charge in [-0.2, -0.15) is 5.10 Å². The summed E-state index contributed by atoms with van der Waals surface area (Å²) in [5.74, 6) is 1.56. The van der Waals surface area contributed by atoms with Gasteiger partial charge in [-0.05, 0) is 25.0 Å². The number of anilines is 1. The van der Waals surface area contributed by atoms with Gasteiger partial charge < -0.3 is 9.80 Å². The maximum absolute atomic E-state index is 12.4. The predicted octanol–water partition coefficient (Wildman–Crippen LogP) is 2.67. The maximum Gasteiger partial charge on any atom is 0.223 e. The number of hydrogen-bond donors (Lipinski definition) is 0. The Kier molecular flexibility index (Phi) is 5.14. The lowest BCUT2D eigenvalue weighted by Gasteiger charge is -2.35. The molecule has 6 heteroatoms. The number of rotatable bonds is 6. The standard InChI is InChI=1S/C21H24N4O2/c26-19(17-4-2-1-3-5-17)9-11-21(27)25-14-12-24(13-15-25)20-10-8-18(22-23-20)16-6-7-16/h1-5,8,10,16H,6-7,9,11-15H2. The predicted molar refractivity (Wildman–Crippen MR) is 103 cm³/mol. The minimum atomic E-state index is 0.0219. The number of carbonyl (C=O) groups excluding carboxylic acids is 2. The summed E-state index contributed by atoms with van der Waals surface area (Å²) in [6, 6.07) is 13.3. The van der Waals surface area contributed by atoms with E-state index in [1.165, 1.54) is 12.8 Å². The van der Waals surface area contributed by atoms with Crippen LogP contribution in [0.1, 0.15) is 47.7 Å². The van der Waals surface area contributed by atoms with Crippen LogP contribution in [0, 0.1) is 0 Å². The zero-order chi connectivity index (χ0) is 18.6. The van der Waals surface area contributed by atoms with Crippen LogP contribution in [0.2, 0.25) is 0 Å². The van der Waals surface area contributed by atoms with E-state index in [1.807, 2.05) is 29.2 Å². The molecule has 4 rings (SSSR count). The molecule has 140 valence electrons. The van der Waals surface area contributed by atoms with E-state index in [0.717, 1.165) is 24.6 Å². The molecule has 0 atom stereocenters. The first kappa shape index (κ1) is 17.6. The number of amides is 1. The van der Waals surface area contributed by atoms with Crippen molar-refractivity contribution >= 4 is 17.5 Å². The molecule has 0 bridgehead atoms. The Morgan fingerprint density at radius 3 is 2.26 bits per heavy atom. The van der Waals surface area contributed by atoms with Crippen LogP contribution in [0.3, 0.4) is 0 Å². The van der Waals surface area contributed by atoms with Gasteiger partial charge in [0.2, 0.25) is 5.91 Å². The Labute approximate surface area is 159 Å². The minimum absolute atomic E-state index is 0.0219. The highest BCUT2D eigenvalue weighted by Gasteiger charge is 2.26. The monoisotopic (exact) mass is 364 g/mol. The van der Waals surface area contributed by atoms with Gasteiger partial charge in [-0.25, -0.2) is 0 Å². The van der Waals surface area contributed by atoms with Gasteiger partial charge in [0.15, 0.2) is 11.6 Å². The van der Waals surface area contributed by atoms with Gasteiger partial charge in [0.1, 0.15) is 0 Å². The van der Waals surface area contributed by atoms with Crippen LogP contribution in [0.4, 0.5) is 5.82 Å². The van der Waals surface area contributed by atoms with Crippen molar-refractivity contribution < 1.29 is 9.59 Å². The largest absolute Gasteiger partial charge is 0.352 e. The molecule has 1 aliphatic carbocycles. The average molecular weight is 364 g/mol. The molecular weight excluding hydrogens is 340 g/mol. The second-order valence-corrected chi connectivity index (χ2v) is 7.25. The van der Waals surface area contributed by atoms with E-state index in [9.17, 15) is 9.59 Å². The van der Waals surface area contributed by atoms with Crippen molar-refractivity contribution in [3.05, 3.63) is 53.7 Å². The van der Waals surface area contributed by atoms with Gasteiger partial charge in [0.05, 0.1) is 5.69 Å². The van der Waals surface area contributed by atoms with Crippen LogP contribution in [-0.4, -0.2) is 53.0 Å². The molecule has 0 radical (unpaired) electrons. The van der Waals surface area contributed by atoms with Crippen LogP contribution in [0.25, 0.3) is 0 Å². The molecule has 6 nitrogen and oxygen atoms in total. The summed E-state index contributed by atoms with van der Waals surface area (Å²) in [5, 5.41) is 8.69. The Hall–Kier alpha value is -2.76. The summed E-state index contributed by atoms with van der Waals surface area (Å²) in [7, 11) is 0. The number of benzene rings is 1. The molecule has 0 N–H and O–H groups in total. The van der Waals surface area contributed by atoms with Crippen LogP contribution in [0.15, 0.2) is 42.5 Å². The van der Waals surface area contributed by atoms with E-state index in [4.69, 9.17) is 0 Å². The van der Waals surface area contributed by atoms with E-state index in [0.29, 0.717) is 24.6 Å². The van der Waals surface area contributed by atoms with Gasteiger partial charge in [0, 0.05) is 50.5 Å². The molecule has 1 amide bonds. The highest BCUT2D eigenvalue weighted by Crippen LogP contribution is 2.38. The Balaban J connectivity index is 1.24. The fourth-order valence-electron chi connectivity index (χ4n) is 3.43. The molecule has 1 saturated carbocycles. The van der Waals surface area contributed by atoms with Crippen molar-refractivity contribution in [2.45, 2.75) is 31.6 Å². The summed E-state index contributed by atoms with van der Waals surface area (Å²) in [5.41, 5.74) is 1.76. The summed E-state index contributed by atoms with van der Waals surface area (Å²) in [6.07, 6.45) is 2.98. The Bertz CT molecular complexity index is 795. The van der Waals surface area contributed by atoms with E-state index < -0.39 is 0 Å².